The van der Waals surface area contributed by atoms with Gasteiger partial charge in [0.05, 0.1) is 51.8 Å². The summed E-state index contributed by atoms with van der Waals surface area (Å²) in [7, 11) is 0. The van der Waals surface area contributed by atoms with Crippen molar-refractivity contribution in [1.82, 2.24) is 0 Å². The normalized spacial score (nSPS) is 32.4. The van der Waals surface area contributed by atoms with Crippen LogP contribution in [0.4, 0.5) is 0 Å². The molecule has 0 N–H and O–H groups in total. The van der Waals surface area contributed by atoms with Crippen molar-refractivity contribution in [2.45, 2.75) is 18.6 Å². The van der Waals surface area contributed by atoms with Gasteiger partial charge in [0.2, 0.25) is 0 Å². The van der Waals surface area contributed by atoms with Crippen LogP contribution in [0.2, 0.25) is 0 Å². The van der Waals surface area contributed by atoms with Crippen LogP contribution in [0.1, 0.15) is 6.42 Å². The van der Waals surface area contributed by atoms with E-state index in [-0.39, 0.29) is 12.2 Å². The highest BCUT2D eigenvalue weighted by Gasteiger charge is 2.46. The van der Waals surface area contributed by atoms with Crippen molar-refractivity contribution in [3.05, 3.63) is 71.9 Å². The van der Waals surface area contributed by atoms with Crippen LogP contribution in [-0.2, 0) is 18.9 Å². The van der Waals surface area contributed by atoms with Gasteiger partial charge in [0.15, 0.2) is 0 Å². The Kier molecular flexibility index (Phi) is 5.60. The third-order valence-electron chi connectivity index (χ3n) is 5.90. The maximum absolute atomic E-state index is 6.26. The first kappa shape index (κ1) is 18.6. The SMILES string of the molecule is C=CCOCC(=C)C1=C[C@@H]2C[C@@H]3C=C(C4=C(C=C)COC4)CO[C@@H]3[C@@H]2OC1. The second-order valence-corrected chi connectivity index (χ2v) is 7.61. The summed E-state index contributed by atoms with van der Waals surface area (Å²) in [5, 5.41) is 0. The van der Waals surface area contributed by atoms with E-state index < -0.39 is 0 Å². The number of hydrogen-bond acceptors (Lipinski definition) is 4. The van der Waals surface area contributed by atoms with Gasteiger partial charge in [-0.1, -0.05) is 37.5 Å². The molecule has 0 spiro atoms. The van der Waals surface area contributed by atoms with Gasteiger partial charge < -0.3 is 18.9 Å². The van der Waals surface area contributed by atoms with Crippen LogP contribution in [0.15, 0.2) is 71.9 Å². The van der Waals surface area contributed by atoms with Crippen molar-refractivity contribution in [3.8, 4) is 0 Å². The number of hydrogen-bond donors (Lipinski definition) is 0. The Bertz CT molecular complexity index is 727. The zero-order valence-electron chi connectivity index (χ0n) is 15.8. The molecule has 4 nitrogen and oxygen atoms in total. The summed E-state index contributed by atoms with van der Waals surface area (Å²) < 4.78 is 23.6. The van der Waals surface area contributed by atoms with Crippen molar-refractivity contribution in [2.24, 2.45) is 11.8 Å². The molecule has 0 aromatic heterocycles. The largest absolute Gasteiger partial charge is 0.373 e. The zero-order valence-corrected chi connectivity index (χ0v) is 15.8. The van der Waals surface area contributed by atoms with Crippen molar-refractivity contribution < 1.29 is 18.9 Å². The van der Waals surface area contributed by atoms with Crippen LogP contribution in [0.5, 0.6) is 0 Å². The maximum Gasteiger partial charge on any atom is 0.0910 e. The molecule has 0 bridgehead atoms. The first-order chi connectivity index (χ1) is 13.2. The molecule has 1 aliphatic carbocycles. The highest BCUT2D eigenvalue weighted by Crippen LogP contribution is 2.44. The fraction of sp³-hybridized carbons (Fsp3) is 0.478. The van der Waals surface area contributed by atoms with Gasteiger partial charge in [-0.2, -0.15) is 0 Å². The molecule has 0 radical (unpaired) electrons. The van der Waals surface area contributed by atoms with Gasteiger partial charge in [0.25, 0.3) is 0 Å². The molecule has 0 saturated heterocycles. The molecule has 27 heavy (non-hydrogen) atoms. The summed E-state index contributed by atoms with van der Waals surface area (Å²) in [5.41, 5.74) is 5.85. The predicted molar refractivity (Wildman–Crippen MR) is 105 cm³/mol. The van der Waals surface area contributed by atoms with Gasteiger partial charge in [-0.05, 0) is 34.3 Å². The average Bonchev–Trinajstić information content (AvgIpc) is 3.30. The molecule has 1 fully saturated rings. The minimum atomic E-state index is 0.131. The van der Waals surface area contributed by atoms with Gasteiger partial charge in [0.1, 0.15) is 0 Å². The van der Waals surface area contributed by atoms with Gasteiger partial charge in [0, 0.05) is 11.8 Å². The molecule has 144 valence electrons. The quantitative estimate of drug-likeness (QED) is 0.509. The average molecular weight is 368 g/mol. The molecule has 4 aliphatic rings. The lowest BCUT2D eigenvalue weighted by atomic mass is 9.93. The summed E-state index contributed by atoms with van der Waals surface area (Å²) in [5.74, 6) is 0.743. The summed E-state index contributed by atoms with van der Waals surface area (Å²) in [6.45, 7) is 15.3. The highest BCUT2D eigenvalue weighted by molar-refractivity contribution is 5.44. The molecule has 0 amide bonds. The molecule has 3 aliphatic heterocycles. The minimum absolute atomic E-state index is 0.131. The Labute approximate surface area is 161 Å². The van der Waals surface area contributed by atoms with E-state index in [0.29, 0.717) is 51.5 Å². The van der Waals surface area contributed by atoms with Crippen molar-refractivity contribution in [2.75, 3.05) is 39.6 Å². The third-order valence-corrected chi connectivity index (χ3v) is 5.90. The molecule has 0 unspecified atom stereocenters. The standard InChI is InChI=1S/C23H28O4/c1-4-6-24-10-15(3)19-8-17-7-18-9-20(21-14-25-11-16(21)5-2)13-27-23(18)22(17)26-12-19/h4-5,8-9,17-18,22-23H,1-3,6-7,10-14H2/t17-,18+,22+,23-/m0/s1. The molecule has 4 rings (SSSR count). The van der Waals surface area contributed by atoms with E-state index in [4.69, 9.17) is 18.9 Å². The Morgan fingerprint density at radius 1 is 1.07 bits per heavy atom. The van der Waals surface area contributed by atoms with E-state index in [1.807, 2.05) is 6.08 Å². The monoisotopic (exact) mass is 368 g/mol. The second kappa shape index (κ2) is 8.11. The summed E-state index contributed by atoms with van der Waals surface area (Å²) in [4.78, 5) is 0. The van der Waals surface area contributed by atoms with Crippen molar-refractivity contribution in [3.63, 3.8) is 0 Å². The van der Waals surface area contributed by atoms with E-state index in [2.05, 4.69) is 31.9 Å². The molecular weight excluding hydrogens is 340 g/mol. The first-order valence-corrected chi connectivity index (χ1v) is 9.65. The van der Waals surface area contributed by atoms with E-state index in [1.165, 1.54) is 16.7 Å². The smallest absolute Gasteiger partial charge is 0.0910 e. The topological polar surface area (TPSA) is 36.9 Å². The van der Waals surface area contributed by atoms with Gasteiger partial charge in [-0.3, -0.25) is 0 Å². The summed E-state index contributed by atoms with van der Waals surface area (Å²) >= 11 is 0. The lowest BCUT2D eigenvalue weighted by Gasteiger charge is -2.32. The molecule has 0 aromatic carbocycles. The van der Waals surface area contributed by atoms with E-state index >= 15 is 0 Å². The number of fused-ring (bicyclic) bond motifs is 3. The lowest BCUT2D eigenvalue weighted by molar-refractivity contribution is -0.0713. The maximum atomic E-state index is 6.26. The third kappa shape index (κ3) is 3.67. The Morgan fingerprint density at radius 3 is 2.63 bits per heavy atom. The first-order valence-electron chi connectivity index (χ1n) is 9.65. The van der Waals surface area contributed by atoms with Gasteiger partial charge in [-0.25, -0.2) is 0 Å². The van der Waals surface area contributed by atoms with Crippen LogP contribution >= 0.6 is 0 Å². The predicted octanol–water partition coefficient (Wildman–Crippen LogP) is 3.54. The fourth-order valence-electron chi connectivity index (χ4n) is 4.51. The van der Waals surface area contributed by atoms with E-state index in [9.17, 15) is 0 Å². The van der Waals surface area contributed by atoms with Crippen LogP contribution in [0, 0.1) is 11.8 Å². The summed E-state index contributed by atoms with van der Waals surface area (Å²) in [6.07, 6.45) is 9.68. The Balaban J connectivity index is 1.47. The van der Waals surface area contributed by atoms with Gasteiger partial charge in [-0.15, -0.1) is 6.58 Å². The van der Waals surface area contributed by atoms with Crippen LogP contribution in [0.25, 0.3) is 0 Å². The zero-order chi connectivity index (χ0) is 18.8. The Hall–Kier alpha value is -1.72. The molecule has 4 heteroatoms. The van der Waals surface area contributed by atoms with Crippen LogP contribution in [-0.4, -0.2) is 51.8 Å². The number of rotatable bonds is 7. The van der Waals surface area contributed by atoms with Crippen LogP contribution in [0.3, 0.4) is 0 Å². The molecule has 3 heterocycles. The van der Waals surface area contributed by atoms with E-state index in [1.54, 1.807) is 6.08 Å². The molecule has 0 aromatic rings. The van der Waals surface area contributed by atoms with Crippen molar-refractivity contribution in [1.29, 1.82) is 0 Å². The van der Waals surface area contributed by atoms with Crippen LogP contribution < -0.4 is 0 Å². The molecule has 1 saturated carbocycles. The van der Waals surface area contributed by atoms with E-state index in [0.717, 1.165) is 17.6 Å². The highest BCUT2D eigenvalue weighted by atomic mass is 16.5. The van der Waals surface area contributed by atoms with Gasteiger partial charge >= 0.3 is 0 Å². The minimum Gasteiger partial charge on any atom is -0.373 e. The molecule has 4 atom stereocenters. The Morgan fingerprint density at radius 2 is 1.85 bits per heavy atom. The molecular formula is C23H28O4. The second-order valence-electron chi connectivity index (χ2n) is 7.61. The fourth-order valence-corrected chi connectivity index (χ4v) is 4.51. The lowest BCUT2D eigenvalue weighted by Crippen LogP contribution is -2.38. The van der Waals surface area contributed by atoms with Crippen molar-refractivity contribution >= 4 is 0 Å². The number of ether oxygens (including phenoxy) is 4. The summed E-state index contributed by atoms with van der Waals surface area (Å²) in [6, 6.07) is 0.